The van der Waals surface area contributed by atoms with Gasteiger partial charge in [0.25, 0.3) is 5.91 Å². The van der Waals surface area contributed by atoms with Gasteiger partial charge in [0.1, 0.15) is 11.8 Å². The molecule has 0 spiro atoms. The minimum absolute atomic E-state index is 0.0230. The molecular formula is C33H37BrCl2N2O3. The van der Waals surface area contributed by atoms with E-state index in [9.17, 15) is 9.59 Å². The minimum atomic E-state index is -0.740. The summed E-state index contributed by atoms with van der Waals surface area (Å²) in [6.45, 7) is 6.38. The number of nitrogens with zero attached hydrogens (tertiary/aromatic N) is 1. The Morgan fingerprint density at radius 2 is 1.68 bits per heavy atom. The monoisotopic (exact) mass is 658 g/mol. The highest BCUT2D eigenvalue weighted by Gasteiger charge is 2.32. The Morgan fingerprint density at radius 1 is 0.976 bits per heavy atom. The van der Waals surface area contributed by atoms with Gasteiger partial charge in [-0.2, -0.15) is 0 Å². The Labute approximate surface area is 261 Å². The second-order valence-corrected chi connectivity index (χ2v) is 13.3. The summed E-state index contributed by atoms with van der Waals surface area (Å²) in [7, 11) is 0. The standard InChI is InChI=1S/C33H37BrCl2N2O3/c1-33(2,3)24-14-16-30(26(34)19-24)41-21-31(39)38(20-23-13-15-27(35)28(36)17-23)29(18-22-9-5-4-6-10-22)32(40)37-25-11-7-8-12-25/h4-6,9-10,13-17,19,25,29H,7-8,11-12,18,20-21H2,1-3H3,(H,37,40)/t29-/m0/s1. The number of carbonyl (C=O) groups excluding carboxylic acids is 2. The fraction of sp³-hybridized carbons (Fsp3) is 0.394. The average Bonchev–Trinajstić information content (AvgIpc) is 3.44. The van der Waals surface area contributed by atoms with Crippen molar-refractivity contribution < 1.29 is 14.3 Å². The summed E-state index contributed by atoms with van der Waals surface area (Å²) in [4.78, 5) is 29.4. The first-order chi connectivity index (χ1) is 19.5. The summed E-state index contributed by atoms with van der Waals surface area (Å²) in [5.41, 5.74) is 2.86. The number of hydrogen-bond acceptors (Lipinski definition) is 3. The summed E-state index contributed by atoms with van der Waals surface area (Å²) in [5.74, 6) is 0.103. The van der Waals surface area contributed by atoms with Crippen LogP contribution in [0.1, 0.15) is 63.1 Å². The predicted molar refractivity (Wildman–Crippen MR) is 170 cm³/mol. The van der Waals surface area contributed by atoms with E-state index in [0.717, 1.165) is 46.8 Å². The summed E-state index contributed by atoms with van der Waals surface area (Å²) in [5, 5.41) is 4.04. The highest BCUT2D eigenvalue weighted by Crippen LogP contribution is 2.32. The molecule has 0 radical (unpaired) electrons. The van der Waals surface area contributed by atoms with Gasteiger partial charge in [-0.3, -0.25) is 9.59 Å². The predicted octanol–water partition coefficient (Wildman–Crippen LogP) is 8.13. The molecule has 4 rings (SSSR count). The van der Waals surface area contributed by atoms with Crippen LogP contribution in [0.15, 0.2) is 71.2 Å². The maximum atomic E-state index is 13.9. The van der Waals surface area contributed by atoms with Gasteiger partial charge in [-0.15, -0.1) is 0 Å². The molecule has 0 aromatic heterocycles. The smallest absolute Gasteiger partial charge is 0.261 e. The molecule has 41 heavy (non-hydrogen) atoms. The van der Waals surface area contributed by atoms with E-state index in [0.29, 0.717) is 22.2 Å². The lowest BCUT2D eigenvalue weighted by atomic mass is 9.87. The van der Waals surface area contributed by atoms with Gasteiger partial charge in [0, 0.05) is 19.0 Å². The van der Waals surface area contributed by atoms with E-state index in [1.807, 2.05) is 54.6 Å². The van der Waals surface area contributed by atoms with Gasteiger partial charge in [-0.1, -0.05) is 99.3 Å². The Balaban J connectivity index is 1.62. The van der Waals surface area contributed by atoms with Gasteiger partial charge < -0.3 is 15.0 Å². The fourth-order valence-electron chi connectivity index (χ4n) is 5.06. The highest BCUT2D eigenvalue weighted by molar-refractivity contribution is 9.10. The first-order valence-corrected chi connectivity index (χ1v) is 15.6. The molecule has 0 saturated heterocycles. The van der Waals surface area contributed by atoms with E-state index in [1.165, 1.54) is 0 Å². The van der Waals surface area contributed by atoms with Crippen LogP contribution in [0.5, 0.6) is 5.75 Å². The molecule has 5 nitrogen and oxygen atoms in total. The molecule has 0 heterocycles. The van der Waals surface area contributed by atoms with Crippen LogP contribution in [0.3, 0.4) is 0 Å². The summed E-state index contributed by atoms with van der Waals surface area (Å²) in [6.07, 6.45) is 4.46. The van der Waals surface area contributed by atoms with E-state index in [2.05, 4.69) is 42.0 Å². The van der Waals surface area contributed by atoms with Crippen molar-refractivity contribution in [1.82, 2.24) is 10.2 Å². The largest absolute Gasteiger partial charge is 0.483 e. The van der Waals surface area contributed by atoms with Crippen molar-refractivity contribution >= 4 is 50.9 Å². The zero-order valence-electron chi connectivity index (χ0n) is 23.8. The lowest BCUT2D eigenvalue weighted by Gasteiger charge is -2.32. The first-order valence-electron chi connectivity index (χ1n) is 14.0. The quantitative estimate of drug-likeness (QED) is 0.239. The van der Waals surface area contributed by atoms with Crippen LogP contribution in [0, 0.1) is 0 Å². The summed E-state index contributed by atoms with van der Waals surface area (Å²) >= 11 is 16.1. The lowest BCUT2D eigenvalue weighted by molar-refractivity contribution is -0.143. The summed E-state index contributed by atoms with van der Waals surface area (Å²) in [6, 6.07) is 20.3. The average molecular weight is 660 g/mol. The fourth-order valence-corrected chi connectivity index (χ4v) is 5.88. The molecular weight excluding hydrogens is 623 g/mol. The van der Waals surface area contributed by atoms with Crippen LogP contribution in [-0.4, -0.2) is 35.4 Å². The SMILES string of the molecule is CC(C)(C)c1ccc(OCC(=O)N(Cc2ccc(Cl)c(Cl)c2)[C@@H](Cc2ccccc2)C(=O)NC2CCCC2)c(Br)c1. The van der Waals surface area contributed by atoms with Crippen molar-refractivity contribution in [2.24, 2.45) is 0 Å². The second-order valence-electron chi connectivity index (χ2n) is 11.6. The maximum absolute atomic E-state index is 13.9. The molecule has 0 aliphatic heterocycles. The van der Waals surface area contributed by atoms with Gasteiger partial charge in [0.05, 0.1) is 14.5 Å². The van der Waals surface area contributed by atoms with Crippen molar-refractivity contribution in [3.05, 3.63) is 97.9 Å². The molecule has 1 saturated carbocycles. The van der Waals surface area contributed by atoms with Crippen molar-refractivity contribution in [2.45, 2.75) is 76.9 Å². The Bertz CT molecular complexity index is 1350. The second kappa shape index (κ2) is 14.1. The van der Waals surface area contributed by atoms with Gasteiger partial charge in [-0.25, -0.2) is 0 Å². The Morgan fingerprint density at radius 3 is 2.32 bits per heavy atom. The molecule has 3 aromatic carbocycles. The zero-order valence-corrected chi connectivity index (χ0v) is 26.9. The van der Waals surface area contributed by atoms with Gasteiger partial charge >= 0.3 is 0 Å². The van der Waals surface area contributed by atoms with E-state index in [-0.39, 0.29) is 36.4 Å². The minimum Gasteiger partial charge on any atom is -0.483 e. The van der Waals surface area contributed by atoms with Crippen molar-refractivity contribution in [1.29, 1.82) is 0 Å². The van der Waals surface area contributed by atoms with Gasteiger partial charge in [0.15, 0.2) is 6.61 Å². The van der Waals surface area contributed by atoms with Crippen molar-refractivity contribution in [3.63, 3.8) is 0 Å². The van der Waals surface area contributed by atoms with Crippen LogP contribution in [0.2, 0.25) is 10.0 Å². The van der Waals surface area contributed by atoms with E-state index in [1.54, 1.807) is 17.0 Å². The van der Waals surface area contributed by atoms with E-state index >= 15 is 0 Å². The number of hydrogen-bond donors (Lipinski definition) is 1. The van der Waals surface area contributed by atoms with E-state index in [4.69, 9.17) is 27.9 Å². The summed E-state index contributed by atoms with van der Waals surface area (Å²) < 4.78 is 6.80. The highest BCUT2D eigenvalue weighted by atomic mass is 79.9. The number of carbonyl (C=O) groups is 2. The van der Waals surface area contributed by atoms with Crippen LogP contribution in [0.25, 0.3) is 0 Å². The molecule has 0 bridgehead atoms. The molecule has 1 aliphatic carbocycles. The third-order valence-electron chi connectivity index (χ3n) is 7.46. The van der Waals surface area contributed by atoms with Crippen LogP contribution < -0.4 is 10.1 Å². The van der Waals surface area contributed by atoms with Crippen LogP contribution in [-0.2, 0) is 28.0 Å². The maximum Gasteiger partial charge on any atom is 0.261 e. The number of halogens is 3. The van der Waals surface area contributed by atoms with Crippen LogP contribution >= 0.6 is 39.1 Å². The Kier molecular flexibility index (Phi) is 10.8. The lowest BCUT2D eigenvalue weighted by Crippen LogP contribution is -2.53. The van der Waals surface area contributed by atoms with E-state index < -0.39 is 6.04 Å². The van der Waals surface area contributed by atoms with Crippen molar-refractivity contribution in [3.8, 4) is 5.75 Å². The molecule has 2 amide bonds. The molecule has 1 aliphatic rings. The first kappa shape index (κ1) is 31.4. The Hall–Kier alpha value is -2.54. The normalized spacial score (nSPS) is 14.5. The molecule has 0 unspecified atom stereocenters. The molecule has 8 heteroatoms. The molecule has 1 fully saturated rings. The topological polar surface area (TPSA) is 58.6 Å². The van der Waals surface area contributed by atoms with Crippen LogP contribution in [0.4, 0.5) is 0 Å². The van der Waals surface area contributed by atoms with Gasteiger partial charge in [-0.05, 0) is 75.1 Å². The number of amides is 2. The molecule has 218 valence electrons. The molecule has 1 N–H and O–H groups in total. The van der Waals surface area contributed by atoms with Crippen molar-refractivity contribution in [2.75, 3.05) is 6.61 Å². The zero-order chi connectivity index (χ0) is 29.6. The molecule has 3 aromatic rings. The third kappa shape index (κ3) is 8.73. The third-order valence-corrected chi connectivity index (χ3v) is 8.82. The number of benzene rings is 3. The number of rotatable bonds is 10. The molecule has 1 atom stereocenters. The number of ether oxygens (including phenoxy) is 1. The number of nitrogens with one attached hydrogen (secondary N) is 1. The van der Waals surface area contributed by atoms with Gasteiger partial charge in [0.2, 0.25) is 5.91 Å².